The molecular formula is C23H27N7O. The molecule has 1 fully saturated rings. The number of H-pyrrole nitrogens is 1. The second-order valence-electron chi connectivity index (χ2n) is 8.03. The molecule has 1 saturated heterocycles. The molecule has 160 valence electrons. The Morgan fingerprint density at radius 2 is 2.13 bits per heavy atom. The predicted molar refractivity (Wildman–Crippen MR) is 121 cm³/mol. The molecule has 31 heavy (non-hydrogen) atoms. The van der Waals surface area contributed by atoms with Crippen molar-refractivity contribution in [1.29, 1.82) is 0 Å². The van der Waals surface area contributed by atoms with Crippen LogP contribution in [0.5, 0.6) is 5.75 Å². The zero-order valence-corrected chi connectivity index (χ0v) is 18.1. The fourth-order valence-electron chi connectivity index (χ4n) is 4.21. The topological polar surface area (TPSA) is 83.3 Å². The number of nitrogens with one attached hydrogen (secondary N) is 2. The summed E-state index contributed by atoms with van der Waals surface area (Å²) in [5, 5.41) is 10.5. The third kappa shape index (κ3) is 4.67. The Morgan fingerprint density at radius 3 is 2.84 bits per heavy atom. The van der Waals surface area contributed by atoms with Gasteiger partial charge in [0.1, 0.15) is 5.75 Å². The van der Waals surface area contributed by atoms with Crippen LogP contribution in [0.4, 0.5) is 17.5 Å². The smallest absolute Gasteiger partial charge is 0.288 e. The number of anilines is 2. The number of rotatable bonds is 7. The van der Waals surface area contributed by atoms with Crippen LogP contribution in [0.2, 0.25) is 0 Å². The molecule has 8 heteroatoms. The number of aromatic nitrogens is 4. The van der Waals surface area contributed by atoms with Gasteiger partial charge in [0, 0.05) is 23.7 Å². The maximum absolute atomic E-state index is 6.95. The highest BCUT2D eigenvalue weighted by molar-refractivity contribution is 5.71. The van der Waals surface area contributed by atoms with Crippen LogP contribution in [0.1, 0.15) is 32.3 Å². The summed E-state index contributed by atoms with van der Waals surface area (Å²) in [7, 11) is 1.70. The number of ether oxygens (including phenoxy) is 1. The van der Waals surface area contributed by atoms with Gasteiger partial charge in [-0.3, -0.25) is 10.00 Å². The largest absolute Gasteiger partial charge is 0.496 e. The molecule has 3 heterocycles. The van der Waals surface area contributed by atoms with Crippen LogP contribution in [-0.2, 0) is 6.42 Å². The number of benzene rings is 1. The SMILES string of the molecule is [C-]#[N+]c1cnc(Nc2cc(-c3ccc(C[C@H]4CCCN4C(C)C)cc3OC)[nH]n2)cn1. The van der Waals surface area contributed by atoms with Crippen molar-refractivity contribution in [2.24, 2.45) is 0 Å². The Kier molecular flexibility index (Phi) is 6.14. The second-order valence-corrected chi connectivity index (χ2v) is 8.03. The molecule has 0 amide bonds. The van der Waals surface area contributed by atoms with Crippen LogP contribution < -0.4 is 10.1 Å². The van der Waals surface area contributed by atoms with Gasteiger partial charge in [-0.05, 0) is 57.4 Å². The van der Waals surface area contributed by atoms with Gasteiger partial charge in [0.05, 0.1) is 19.0 Å². The predicted octanol–water partition coefficient (Wildman–Crippen LogP) is 4.58. The lowest BCUT2D eigenvalue weighted by Crippen LogP contribution is -2.36. The number of nitrogens with zero attached hydrogens (tertiary/aromatic N) is 5. The Hall–Kier alpha value is -3.44. The van der Waals surface area contributed by atoms with Crippen molar-refractivity contribution in [3.8, 4) is 17.0 Å². The number of hydrogen-bond donors (Lipinski definition) is 2. The molecule has 1 atom stereocenters. The highest BCUT2D eigenvalue weighted by Crippen LogP contribution is 2.33. The Labute approximate surface area is 182 Å². The Morgan fingerprint density at radius 1 is 1.26 bits per heavy atom. The molecular weight excluding hydrogens is 390 g/mol. The van der Waals surface area contributed by atoms with Crippen molar-refractivity contribution in [3.05, 3.63) is 53.6 Å². The minimum Gasteiger partial charge on any atom is -0.496 e. The van der Waals surface area contributed by atoms with Gasteiger partial charge < -0.3 is 14.9 Å². The molecule has 3 aromatic rings. The summed E-state index contributed by atoms with van der Waals surface area (Å²) in [4.78, 5) is 14.0. The molecule has 0 aliphatic carbocycles. The lowest BCUT2D eigenvalue weighted by Gasteiger charge is -2.28. The van der Waals surface area contributed by atoms with Gasteiger partial charge in [-0.15, -0.1) is 4.98 Å². The fourth-order valence-corrected chi connectivity index (χ4v) is 4.21. The molecule has 1 aliphatic rings. The number of aromatic amines is 1. The van der Waals surface area contributed by atoms with Gasteiger partial charge in [-0.1, -0.05) is 12.6 Å². The first-order valence-electron chi connectivity index (χ1n) is 10.5. The summed E-state index contributed by atoms with van der Waals surface area (Å²) in [5.41, 5.74) is 3.08. The first-order chi connectivity index (χ1) is 15.1. The molecule has 2 N–H and O–H groups in total. The van der Waals surface area contributed by atoms with Crippen LogP contribution in [0.3, 0.4) is 0 Å². The van der Waals surface area contributed by atoms with E-state index in [0.29, 0.717) is 23.7 Å². The number of likely N-dealkylation sites (tertiary alicyclic amines) is 1. The first kappa shape index (κ1) is 20.8. The standard InChI is InChI=1S/C23H27N7O/c1-15(2)30-9-5-6-17(30)10-16-7-8-18(20(11-16)31-4)19-12-21(29-28-19)27-23-14-25-22(24-3)13-26-23/h7-8,11-15,17H,5-6,9-10H2,1-2,4H3,(H2,26,27,28,29)/t17-/m1/s1. The number of hydrogen-bond acceptors (Lipinski definition) is 6. The van der Waals surface area contributed by atoms with Crippen molar-refractivity contribution in [1.82, 2.24) is 25.1 Å². The third-order valence-corrected chi connectivity index (χ3v) is 5.70. The van der Waals surface area contributed by atoms with Crippen LogP contribution in [-0.4, -0.2) is 50.8 Å². The van der Waals surface area contributed by atoms with Gasteiger partial charge in [0.2, 0.25) is 0 Å². The molecule has 1 aromatic carbocycles. The van der Waals surface area contributed by atoms with E-state index in [0.717, 1.165) is 23.4 Å². The minimum absolute atomic E-state index is 0.257. The summed E-state index contributed by atoms with van der Waals surface area (Å²) in [6.07, 6.45) is 6.49. The highest BCUT2D eigenvalue weighted by Gasteiger charge is 2.26. The first-order valence-corrected chi connectivity index (χ1v) is 10.5. The summed E-state index contributed by atoms with van der Waals surface area (Å²) < 4.78 is 5.70. The minimum atomic E-state index is 0.257. The van der Waals surface area contributed by atoms with E-state index in [4.69, 9.17) is 11.3 Å². The fraction of sp³-hybridized carbons (Fsp3) is 0.391. The third-order valence-electron chi connectivity index (χ3n) is 5.70. The molecule has 0 spiro atoms. The van der Waals surface area contributed by atoms with Crippen LogP contribution in [0.25, 0.3) is 16.1 Å². The van der Waals surface area contributed by atoms with Crippen LogP contribution >= 0.6 is 0 Å². The molecule has 0 saturated carbocycles. The summed E-state index contributed by atoms with van der Waals surface area (Å²) in [6, 6.07) is 9.47. The van der Waals surface area contributed by atoms with Crippen LogP contribution in [0, 0.1) is 6.57 Å². The van der Waals surface area contributed by atoms with E-state index in [1.165, 1.54) is 37.3 Å². The van der Waals surface area contributed by atoms with Crippen molar-refractivity contribution in [3.63, 3.8) is 0 Å². The zero-order valence-electron chi connectivity index (χ0n) is 18.1. The molecule has 8 nitrogen and oxygen atoms in total. The van der Waals surface area contributed by atoms with E-state index in [1.807, 2.05) is 6.07 Å². The Bertz CT molecular complexity index is 1070. The molecule has 0 radical (unpaired) electrons. The number of methoxy groups -OCH3 is 1. The van der Waals surface area contributed by atoms with Crippen molar-refractivity contribution >= 4 is 17.5 Å². The molecule has 0 unspecified atom stereocenters. The lowest BCUT2D eigenvalue weighted by atomic mass is 10.00. The second kappa shape index (κ2) is 9.14. The quantitative estimate of drug-likeness (QED) is 0.547. The van der Waals surface area contributed by atoms with Gasteiger partial charge in [-0.2, -0.15) is 5.10 Å². The van der Waals surface area contributed by atoms with Gasteiger partial charge in [0.25, 0.3) is 5.82 Å². The molecule has 2 aromatic heterocycles. The van der Waals surface area contributed by atoms with Gasteiger partial charge >= 0.3 is 0 Å². The normalized spacial score (nSPS) is 16.4. The van der Waals surface area contributed by atoms with E-state index in [1.54, 1.807) is 7.11 Å². The molecule has 1 aliphatic heterocycles. The monoisotopic (exact) mass is 417 g/mol. The van der Waals surface area contributed by atoms with E-state index >= 15 is 0 Å². The zero-order chi connectivity index (χ0) is 21.8. The van der Waals surface area contributed by atoms with E-state index in [9.17, 15) is 0 Å². The van der Waals surface area contributed by atoms with E-state index in [2.05, 4.69) is 67.3 Å². The van der Waals surface area contributed by atoms with Gasteiger partial charge in [0.15, 0.2) is 17.8 Å². The van der Waals surface area contributed by atoms with E-state index < -0.39 is 0 Å². The maximum atomic E-state index is 6.95. The molecule has 0 bridgehead atoms. The maximum Gasteiger partial charge on any atom is 0.288 e. The molecule has 4 rings (SSSR count). The summed E-state index contributed by atoms with van der Waals surface area (Å²) in [6.45, 7) is 12.7. The van der Waals surface area contributed by atoms with Crippen LogP contribution in [0.15, 0.2) is 36.7 Å². The van der Waals surface area contributed by atoms with Crippen molar-refractivity contribution in [2.75, 3.05) is 19.0 Å². The van der Waals surface area contributed by atoms with Crippen molar-refractivity contribution in [2.45, 2.75) is 45.2 Å². The highest BCUT2D eigenvalue weighted by atomic mass is 16.5. The average Bonchev–Trinajstić information content (AvgIpc) is 3.44. The summed E-state index contributed by atoms with van der Waals surface area (Å²) >= 11 is 0. The Balaban J connectivity index is 1.50. The summed E-state index contributed by atoms with van der Waals surface area (Å²) in [5.74, 6) is 2.22. The van der Waals surface area contributed by atoms with Crippen molar-refractivity contribution < 1.29 is 4.74 Å². The lowest BCUT2D eigenvalue weighted by molar-refractivity contribution is 0.202. The average molecular weight is 418 g/mol. The van der Waals surface area contributed by atoms with E-state index in [-0.39, 0.29) is 5.82 Å². The van der Waals surface area contributed by atoms with Gasteiger partial charge in [-0.25, -0.2) is 4.98 Å².